The van der Waals surface area contributed by atoms with Gasteiger partial charge in [-0.15, -0.1) is 0 Å². The number of halogens is 3. The van der Waals surface area contributed by atoms with Gasteiger partial charge in [0.05, 0.1) is 10.5 Å². The van der Waals surface area contributed by atoms with Crippen LogP contribution in [0.2, 0.25) is 5.02 Å². The molecule has 3 rings (SSSR count). The first-order chi connectivity index (χ1) is 9.13. The molecule has 19 heavy (non-hydrogen) atoms. The fourth-order valence-corrected chi connectivity index (χ4v) is 1.85. The fraction of sp³-hybridized carbons (Fsp3) is 0. The van der Waals surface area contributed by atoms with Crippen molar-refractivity contribution in [3.63, 3.8) is 0 Å². The summed E-state index contributed by atoms with van der Waals surface area (Å²) in [5.74, 6) is -0.769. The van der Waals surface area contributed by atoms with E-state index >= 15 is 0 Å². The highest BCUT2D eigenvalue weighted by Gasteiger charge is 2.09. The van der Waals surface area contributed by atoms with E-state index in [0.717, 1.165) is 0 Å². The molecule has 4 nitrogen and oxygen atoms in total. The van der Waals surface area contributed by atoms with E-state index < -0.39 is 11.8 Å². The molecule has 2 heterocycles. The van der Waals surface area contributed by atoms with Crippen molar-refractivity contribution < 1.29 is 8.78 Å². The van der Waals surface area contributed by atoms with Crippen LogP contribution < -0.4 is 5.32 Å². The molecule has 2 N–H and O–H groups in total. The quantitative estimate of drug-likeness (QED) is 0.705. The highest BCUT2D eigenvalue weighted by molar-refractivity contribution is 6.31. The van der Waals surface area contributed by atoms with E-state index in [1.165, 1.54) is 30.3 Å². The average molecular weight is 281 g/mol. The molecule has 0 bridgehead atoms. The molecule has 3 aromatic rings. The van der Waals surface area contributed by atoms with Gasteiger partial charge in [-0.3, -0.25) is 5.10 Å². The highest BCUT2D eigenvalue weighted by Crippen LogP contribution is 2.25. The van der Waals surface area contributed by atoms with E-state index in [0.29, 0.717) is 22.5 Å². The molecule has 0 aliphatic heterocycles. The molecule has 1 aromatic carbocycles. The number of benzene rings is 1. The second-order valence-corrected chi connectivity index (χ2v) is 4.26. The van der Waals surface area contributed by atoms with Crippen LogP contribution in [0.4, 0.5) is 20.3 Å². The molecule has 0 aliphatic carbocycles. The predicted molar refractivity (Wildman–Crippen MR) is 68.5 cm³/mol. The molecule has 0 amide bonds. The van der Waals surface area contributed by atoms with Crippen LogP contribution in [0.3, 0.4) is 0 Å². The first-order valence-electron chi connectivity index (χ1n) is 5.36. The summed E-state index contributed by atoms with van der Waals surface area (Å²) in [6, 6.07) is 6.91. The third kappa shape index (κ3) is 2.22. The first-order valence-corrected chi connectivity index (χ1v) is 5.74. The Labute approximate surface area is 111 Å². The fourth-order valence-electron chi connectivity index (χ4n) is 1.67. The number of rotatable bonds is 2. The van der Waals surface area contributed by atoms with Crippen molar-refractivity contribution in [2.75, 3.05) is 5.32 Å². The molecular weight excluding hydrogens is 274 g/mol. The largest absolute Gasteiger partial charge is 0.337 e. The molecule has 0 unspecified atom stereocenters. The Balaban J connectivity index is 2.00. The average Bonchev–Trinajstić information content (AvgIpc) is 2.77. The number of pyridine rings is 1. The summed E-state index contributed by atoms with van der Waals surface area (Å²) in [4.78, 5) is 3.74. The second kappa shape index (κ2) is 4.47. The van der Waals surface area contributed by atoms with Crippen molar-refractivity contribution in [1.29, 1.82) is 0 Å². The molecule has 0 spiro atoms. The number of hydrogen-bond donors (Lipinski definition) is 2. The van der Waals surface area contributed by atoms with E-state index in [-0.39, 0.29) is 5.02 Å². The maximum Gasteiger partial charge on any atom is 0.213 e. The smallest absolute Gasteiger partial charge is 0.213 e. The van der Waals surface area contributed by atoms with Gasteiger partial charge in [0.25, 0.3) is 0 Å². The van der Waals surface area contributed by atoms with Gasteiger partial charge in [0.2, 0.25) is 5.95 Å². The van der Waals surface area contributed by atoms with Crippen LogP contribution in [-0.4, -0.2) is 15.2 Å². The lowest BCUT2D eigenvalue weighted by atomic mass is 10.3. The molecule has 7 heteroatoms. The minimum atomic E-state index is -0.603. The molecule has 0 atom stereocenters. The van der Waals surface area contributed by atoms with Crippen molar-refractivity contribution in [2.45, 2.75) is 0 Å². The lowest BCUT2D eigenvalue weighted by Crippen LogP contribution is -1.93. The van der Waals surface area contributed by atoms with Gasteiger partial charge in [0, 0.05) is 5.69 Å². The number of nitrogens with zero attached hydrogens (tertiary/aromatic N) is 2. The van der Waals surface area contributed by atoms with Crippen LogP contribution in [0.15, 0.2) is 30.3 Å². The second-order valence-electron chi connectivity index (χ2n) is 3.86. The molecule has 0 saturated heterocycles. The van der Waals surface area contributed by atoms with Gasteiger partial charge >= 0.3 is 0 Å². The topological polar surface area (TPSA) is 53.6 Å². The van der Waals surface area contributed by atoms with Crippen LogP contribution in [0, 0.1) is 11.8 Å². The maximum absolute atomic E-state index is 13.1. The van der Waals surface area contributed by atoms with Gasteiger partial charge in [-0.2, -0.15) is 9.49 Å². The third-order valence-electron chi connectivity index (χ3n) is 2.56. The Kier molecular flexibility index (Phi) is 2.79. The first kappa shape index (κ1) is 11.9. The summed E-state index contributed by atoms with van der Waals surface area (Å²) in [6.45, 7) is 0. The Morgan fingerprint density at radius 2 is 2.00 bits per heavy atom. The zero-order valence-corrected chi connectivity index (χ0v) is 10.2. The maximum atomic E-state index is 13.1. The van der Waals surface area contributed by atoms with Gasteiger partial charge < -0.3 is 5.32 Å². The van der Waals surface area contributed by atoms with E-state index in [4.69, 9.17) is 11.6 Å². The molecule has 0 saturated carbocycles. The van der Waals surface area contributed by atoms with E-state index in [1.807, 2.05) is 0 Å². The Morgan fingerprint density at radius 1 is 1.16 bits per heavy atom. The number of anilines is 2. The summed E-state index contributed by atoms with van der Waals surface area (Å²) >= 11 is 5.68. The summed E-state index contributed by atoms with van der Waals surface area (Å²) in [5, 5.41) is 9.58. The molecular formula is C12H7ClF2N4. The minimum absolute atomic E-state index is 0.0102. The number of hydrogen-bond acceptors (Lipinski definition) is 3. The van der Waals surface area contributed by atoms with Crippen molar-refractivity contribution in [1.82, 2.24) is 15.2 Å². The van der Waals surface area contributed by atoms with Crippen LogP contribution in [-0.2, 0) is 0 Å². The van der Waals surface area contributed by atoms with Gasteiger partial charge in [0.1, 0.15) is 11.3 Å². The predicted octanol–water partition coefficient (Wildman–Crippen LogP) is 3.63. The lowest BCUT2D eigenvalue weighted by Gasteiger charge is -2.04. The van der Waals surface area contributed by atoms with E-state index in [1.54, 1.807) is 0 Å². The number of aromatic nitrogens is 3. The molecule has 2 aromatic heterocycles. The Hall–Kier alpha value is -2.21. The zero-order chi connectivity index (χ0) is 13.4. The summed E-state index contributed by atoms with van der Waals surface area (Å²) in [5.41, 5.74) is 1.49. The summed E-state index contributed by atoms with van der Waals surface area (Å²) in [7, 11) is 0. The van der Waals surface area contributed by atoms with Gasteiger partial charge in [0.15, 0.2) is 5.82 Å². The van der Waals surface area contributed by atoms with Crippen LogP contribution in [0.5, 0.6) is 0 Å². The number of fused-ring (bicyclic) bond motifs is 1. The number of nitrogens with one attached hydrogen (secondary N) is 2. The van der Waals surface area contributed by atoms with Crippen LogP contribution in [0.1, 0.15) is 0 Å². The number of H-pyrrole nitrogens is 1. The standard InChI is InChI=1S/C12H7ClF2N4/c13-7-5-6(1-2-8(7)14)16-12-11-9(18-19-12)3-4-10(15)17-11/h1-5H,(H2,16,18,19). The summed E-state index contributed by atoms with van der Waals surface area (Å²) in [6.07, 6.45) is 0. The van der Waals surface area contributed by atoms with Crippen LogP contribution >= 0.6 is 11.6 Å². The van der Waals surface area contributed by atoms with Crippen molar-refractivity contribution in [2.24, 2.45) is 0 Å². The van der Waals surface area contributed by atoms with Crippen molar-refractivity contribution in [3.05, 3.63) is 47.1 Å². The molecule has 0 radical (unpaired) electrons. The van der Waals surface area contributed by atoms with Gasteiger partial charge in [-0.05, 0) is 30.3 Å². The number of aromatic amines is 1. The monoisotopic (exact) mass is 280 g/mol. The van der Waals surface area contributed by atoms with E-state index in [2.05, 4.69) is 20.5 Å². The SMILES string of the molecule is Fc1ccc2[nH]nc(Nc3ccc(F)c(Cl)c3)c2n1. The van der Waals surface area contributed by atoms with Gasteiger partial charge in [-0.1, -0.05) is 11.6 Å². The van der Waals surface area contributed by atoms with Crippen molar-refractivity contribution in [3.8, 4) is 0 Å². The minimum Gasteiger partial charge on any atom is -0.337 e. The zero-order valence-electron chi connectivity index (χ0n) is 9.42. The van der Waals surface area contributed by atoms with Crippen molar-refractivity contribution >= 4 is 34.1 Å². The highest BCUT2D eigenvalue weighted by atomic mass is 35.5. The molecule has 0 aliphatic rings. The van der Waals surface area contributed by atoms with Crippen LogP contribution in [0.25, 0.3) is 11.0 Å². The third-order valence-corrected chi connectivity index (χ3v) is 2.85. The summed E-state index contributed by atoms with van der Waals surface area (Å²) < 4.78 is 26.1. The molecule has 0 fully saturated rings. The normalized spacial score (nSPS) is 10.9. The lowest BCUT2D eigenvalue weighted by molar-refractivity contribution is 0.589. The molecule has 96 valence electrons. The van der Waals surface area contributed by atoms with E-state index in [9.17, 15) is 8.78 Å². The van der Waals surface area contributed by atoms with Gasteiger partial charge in [-0.25, -0.2) is 9.37 Å². The Bertz CT molecular complexity index is 757. The Morgan fingerprint density at radius 3 is 2.79 bits per heavy atom.